The van der Waals surface area contributed by atoms with Crippen molar-refractivity contribution < 1.29 is 4.39 Å². The third-order valence-electron chi connectivity index (χ3n) is 2.57. The Labute approximate surface area is 101 Å². The molecule has 1 heterocycles. The minimum absolute atomic E-state index is 0.211. The van der Waals surface area contributed by atoms with E-state index in [0.717, 1.165) is 23.4 Å². The van der Waals surface area contributed by atoms with Crippen molar-refractivity contribution in [3.8, 4) is 11.3 Å². The van der Waals surface area contributed by atoms with Crippen LogP contribution in [0.4, 0.5) is 4.39 Å². The molecule has 2 rings (SSSR count). The van der Waals surface area contributed by atoms with E-state index in [0.29, 0.717) is 6.54 Å². The van der Waals surface area contributed by atoms with Crippen LogP contribution >= 0.6 is 0 Å². The number of halogens is 1. The molecule has 2 nitrogen and oxygen atoms in total. The molecular weight excluding hydrogens is 215 g/mol. The van der Waals surface area contributed by atoms with E-state index < -0.39 is 0 Å². The summed E-state index contributed by atoms with van der Waals surface area (Å²) in [7, 11) is 0. The van der Waals surface area contributed by atoms with Crippen LogP contribution in [0.1, 0.15) is 12.5 Å². The van der Waals surface area contributed by atoms with Crippen LogP contribution in [0.15, 0.2) is 42.6 Å². The van der Waals surface area contributed by atoms with Crippen LogP contribution in [0, 0.1) is 5.82 Å². The van der Waals surface area contributed by atoms with E-state index in [4.69, 9.17) is 0 Å². The van der Waals surface area contributed by atoms with E-state index in [1.807, 2.05) is 25.1 Å². The van der Waals surface area contributed by atoms with Gasteiger partial charge in [0.1, 0.15) is 5.82 Å². The van der Waals surface area contributed by atoms with Gasteiger partial charge in [-0.2, -0.15) is 0 Å². The van der Waals surface area contributed by atoms with Gasteiger partial charge in [0.25, 0.3) is 0 Å². The Morgan fingerprint density at radius 1 is 1.24 bits per heavy atom. The summed E-state index contributed by atoms with van der Waals surface area (Å²) < 4.78 is 13.2. The molecule has 0 amide bonds. The van der Waals surface area contributed by atoms with Gasteiger partial charge in [-0.05, 0) is 42.4 Å². The third-order valence-corrected chi connectivity index (χ3v) is 2.57. The average Bonchev–Trinajstić information content (AvgIpc) is 2.37. The van der Waals surface area contributed by atoms with E-state index in [-0.39, 0.29) is 5.82 Å². The summed E-state index contributed by atoms with van der Waals surface area (Å²) in [5, 5.41) is 3.21. The van der Waals surface area contributed by atoms with Crippen molar-refractivity contribution in [3.05, 3.63) is 54.0 Å². The molecule has 0 aliphatic carbocycles. The van der Waals surface area contributed by atoms with E-state index >= 15 is 0 Å². The second-order valence-electron chi connectivity index (χ2n) is 3.80. The number of pyridine rings is 1. The number of hydrogen-bond acceptors (Lipinski definition) is 2. The predicted octanol–water partition coefficient (Wildman–Crippen LogP) is 3.00. The quantitative estimate of drug-likeness (QED) is 0.873. The lowest BCUT2D eigenvalue weighted by atomic mass is 10.0. The van der Waals surface area contributed by atoms with E-state index in [2.05, 4.69) is 10.3 Å². The second-order valence-corrected chi connectivity index (χ2v) is 3.80. The largest absolute Gasteiger partial charge is 0.313 e. The Bertz CT molecular complexity index is 483. The number of nitrogens with zero attached hydrogens (tertiary/aromatic N) is 1. The fourth-order valence-corrected chi connectivity index (χ4v) is 1.74. The minimum Gasteiger partial charge on any atom is -0.313 e. The van der Waals surface area contributed by atoms with Crippen molar-refractivity contribution in [1.82, 2.24) is 10.3 Å². The molecule has 0 fully saturated rings. The van der Waals surface area contributed by atoms with E-state index in [9.17, 15) is 4.39 Å². The molecule has 3 heteroatoms. The highest BCUT2D eigenvalue weighted by Crippen LogP contribution is 2.22. The lowest BCUT2D eigenvalue weighted by Crippen LogP contribution is -2.12. The van der Waals surface area contributed by atoms with Crippen molar-refractivity contribution in [2.24, 2.45) is 0 Å². The zero-order chi connectivity index (χ0) is 12.1. The predicted molar refractivity (Wildman–Crippen MR) is 67.0 cm³/mol. The molecule has 0 aliphatic heterocycles. The van der Waals surface area contributed by atoms with Crippen LogP contribution in [0.3, 0.4) is 0 Å². The maximum Gasteiger partial charge on any atom is 0.123 e. The Balaban J connectivity index is 2.39. The SMILES string of the molecule is CCNCc1cc(F)ccc1-c1ccccn1. The van der Waals surface area contributed by atoms with Crippen molar-refractivity contribution in [1.29, 1.82) is 0 Å². The Hall–Kier alpha value is -1.74. The van der Waals surface area contributed by atoms with Crippen molar-refractivity contribution in [2.75, 3.05) is 6.54 Å². The van der Waals surface area contributed by atoms with Gasteiger partial charge < -0.3 is 5.32 Å². The number of hydrogen-bond donors (Lipinski definition) is 1. The highest BCUT2D eigenvalue weighted by molar-refractivity contribution is 5.63. The summed E-state index contributed by atoms with van der Waals surface area (Å²) in [4.78, 5) is 4.30. The first-order valence-corrected chi connectivity index (χ1v) is 5.72. The topological polar surface area (TPSA) is 24.9 Å². The Kier molecular flexibility index (Phi) is 3.83. The lowest BCUT2D eigenvalue weighted by molar-refractivity contribution is 0.622. The highest BCUT2D eigenvalue weighted by Gasteiger charge is 2.06. The summed E-state index contributed by atoms with van der Waals surface area (Å²) in [6.45, 7) is 3.54. The van der Waals surface area contributed by atoms with Gasteiger partial charge in [0, 0.05) is 18.3 Å². The number of nitrogens with one attached hydrogen (secondary N) is 1. The van der Waals surface area contributed by atoms with Gasteiger partial charge >= 0.3 is 0 Å². The smallest absolute Gasteiger partial charge is 0.123 e. The molecule has 0 bridgehead atoms. The third kappa shape index (κ3) is 2.88. The first kappa shape index (κ1) is 11.7. The molecule has 88 valence electrons. The Morgan fingerprint density at radius 2 is 2.12 bits per heavy atom. The van der Waals surface area contributed by atoms with Crippen molar-refractivity contribution >= 4 is 0 Å². The van der Waals surface area contributed by atoms with E-state index in [1.165, 1.54) is 6.07 Å². The first-order valence-electron chi connectivity index (χ1n) is 5.72. The van der Waals surface area contributed by atoms with Gasteiger partial charge in [-0.1, -0.05) is 13.0 Å². The van der Waals surface area contributed by atoms with Gasteiger partial charge in [-0.15, -0.1) is 0 Å². The van der Waals surface area contributed by atoms with Crippen molar-refractivity contribution in [3.63, 3.8) is 0 Å². The normalized spacial score (nSPS) is 10.5. The second kappa shape index (κ2) is 5.55. The molecule has 0 atom stereocenters. The molecule has 2 aromatic rings. The zero-order valence-electron chi connectivity index (χ0n) is 9.78. The molecule has 1 N–H and O–H groups in total. The molecule has 1 aromatic carbocycles. The molecule has 17 heavy (non-hydrogen) atoms. The summed E-state index contributed by atoms with van der Waals surface area (Å²) in [6.07, 6.45) is 1.75. The van der Waals surface area contributed by atoms with Gasteiger partial charge in [0.05, 0.1) is 5.69 Å². The molecule has 0 spiro atoms. The first-order chi connectivity index (χ1) is 8.31. The molecule has 0 radical (unpaired) electrons. The summed E-state index contributed by atoms with van der Waals surface area (Å²) in [5.74, 6) is -0.211. The number of aromatic nitrogens is 1. The van der Waals surface area contributed by atoms with Crippen LogP contribution < -0.4 is 5.32 Å². The van der Waals surface area contributed by atoms with Crippen LogP contribution in [0.25, 0.3) is 11.3 Å². The number of rotatable bonds is 4. The van der Waals surface area contributed by atoms with Gasteiger partial charge in [0.15, 0.2) is 0 Å². The van der Waals surface area contributed by atoms with Crippen LogP contribution in [-0.2, 0) is 6.54 Å². The van der Waals surface area contributed by atoms with Gasteiger partial charge in [-0.25, -0.2) is 4.39 Å². The summed E-state index contributed by atoms with van der Waals surface area (Å²) in [6, 6.07) is 10.6. The van der Waals surface area contributed by atoms with Crippen LogP contribution in [-0.4, -0.2) is 11.5 Å². The van der Waals surface area contributed by atoms with Crippen molar-refractivity contribution in [2.45, 2.75) is 13.5 Å². The highest BCUT2D eigenvalue weighted by atomic mass is 19.1. The van der Waals surface area contributed by atoms with Gasteiger partial charge in [0.2, 0.25) is 0 Å². The average molecular weight is 230 g/mol. The maximum atomic E-state index is 13.2. The molecule has 0 unspecified atom stereocenters. The van der Waals surface area contributed by atoms with Gasteiger partial charge in [-0.3, -0.25) is 4.98 Å². The minimum atomic E-state index is -0.211. The molecule has 0 saturated carbocycles. The molecular formula is C14H15FN2. The lowest BCUT2D eigenvalue weighted by Gasteiger charge is -2.09. The number of benzene rings is 1. The van der Waals surface area contributed by atoms with Crippen LogP contribution in [0.2, 0.25) is 0 Å². The summed E-state index contributed by atoms with van der Waals surface area (Å²) >= 11 is 0. The monoisotopic (exact) mass is 230 g/mol. The zero-order valence-corrected chi connectivity index (χ0v) is 9.78. The fourth-order valence-electron chi connectivity index (χ4n) is 1.74. The molecule has 0 saturated heterocycles. The molecule has 0 aliphatic rings. The Morgan fingerprint density at radius 3 is 2.82 bits per heavy atom. The van der Waals surface area contributed by atoms with Crippen LogP contribution in [0.5, 0.6) is 0 Å². The molecule has 1 aromatic heterocycles. The summed E-state index contributed by atoms with van der Waals surface area (Å²) in [5.41, 5.74) is 2.79. The van der Waals surface area contributed by atoms with E-state index in [1.54, 1.807) is 18.3 Å². The maximum absolute atomic E-state index is 13.2. The standard InChI is InChI=1S/C14H15FN2/c1-2-16-10-11-9-12(15)6-7-13(11)14-5-3-4-8-17-14/h3-9,16H,2,10H2,1H3. The fraction of sp³-hybridized carbons (Fsp3) is 0.214.